The van der Waals surface area contributed by atoms with Gasteiger partial charge >= 0.3 is 0 Å². The van der Waals surface area contributed by atoms with E-state index in [9.17, 15) is 14.4 Å². The average molecular weight is 404 g/mol. The van der Waals surface area contributed by atoms with Crippen molar-refractivity contribution in [3.8, 4) is 17.1 Å². The number of anilines is 2. The molecule has 3 aromatic rings. The SMILES string of the molecule is Cc1cc(=O)[nH]c(-c2cccc(NC(=O)CCN3C(=O)COc4ccccc43)c2)n1. The summed E-state index contributed by atoms with van der Waals surface area (Å²) in [5, 5.41) is 2.83. The Labute approximate surface area is 172 Å². The minimum absolute atomic E-state index is 0.0393. The van der Waals surface area contributed by atoms with Crippen molar-refractivity contribution in [1.29, 1.82) is 0 Å². The molecule has 1 aliphatic rings. The minimum Gasteiger partial charge on any atom is -0.482 e. The summed E-state index contributed by atoms with van der Waals surface area (Å²) in [6.45, 7) is 1.95. The lowest BCUT2D eigenvalue weighted by molar-refractivity contribution is -0.121. The van der Waals surface area contributed by atoms with E-state index in [1.165, 1.54) is 6.07 Å². The van der Waals surface area contributed by atoms with Crippen molar-refractivity contribution in [2.45, 2.75) is 13.3 Å². The number of fused-ring (bicyclic) bond motifs is 1. The quantitative estimate of drug-likeness (QED) is 0.680. The highest BCUT2D eigenvalue weighted by molar-refractivity contribution is 5.99. The Balaban J connectivity index is 1.44. The lowest BCUT2D eigenvalue weighted by Gasteiger charge is -2.29. The zero-order chi connectivity index (χ0) is 21.1. The Kier molecular flexibility index (Phi) is 5.30. The third-order valence-corrected chi connectivity index (χ3v) is 4.66. The number of aromatic amines is 1. The van der Waals surface area contributed by atoms with Crippen molar-refractivity contribution in [3.63, 3.8) is 0 Å². The van der Waals surface area contributed by atoms with Crippen molar-refractivity contribution in [2.24, 2.45) is 0 Å². The number of carbonyl (C=O) groups excluding carboxylic acids is 2. The second-order valence-corrected chi connectivity index (χ2v) is 6.92. The molecule has 2 N–H and O–H groups in total. The van der Waals surface area contributed by atoms with E-state index in [-0.39, 0.29) is 36.9 Å². The number of benzene rings is 2. The van der Waals surface area contributed by atoms with Crippen LogP contribution < -0.4 is 20.5 Å². The largest absolute Gasteiger partial charge is 0.482 e. The second-order valence-electron chi connectivity index (χ2n) is 6.92. The first kappa shape index (κ1) is 19.4. The molecule has 0 spiro atoms. The fourth-order valence-electron chi connectivity index (χ4n) is 3.30. The van der Waals surface area contributed by atoms with E-state index >= 15 is 0 Å². The summed E-state index contributed by atoms with van der Waals surface area (Å²) in [5.74, 6) is 0.657. The van der Waals surface area contributed by atoms with Crippen LogP contribution in [0, 0.1) is 6.92 Å². The monoisotopic (exact) mass is 404 g/mol. The number of aromatic nitrogens is 2. The maximum absolute atomic E-state index is 12.5. The highest BCUT2D eigenvalue weighted by atomic mass is 16.5. The molecule has 1 aliphatic heterocycles. The number of nitrogens with one attached hydrogen (secondary N) is 2. The van der Waals surface area contributed by atoms with Crippen molar-refractivity contribution >= 4 is 23.2 Å². The van der Waals surface area contributed by atoms with Crippen molar-refractivity contribution < 1.29 is 14.3 Å². The maximum atomic E-state index is 12.5. The summed E-state index contributed by atoms with van der Waals surface area (Å²) in [4.78, 5) is 45.0. The van der Waals surface area contributed by atoms with Crippen LogP contribution in [0.2, 0.25) is 0 Å². The molecule has 0 saturated heterocycles. The smallest absolute Gasteiger partial charge is 0.265 e. The number of amides is 2. The van der Waals surface area contributed by atoms with Gasteiger partial charge in [0.2, 0.25) is 5.91 Å². The Bertz CT molecular complexity index is 1170. The molecule has 0 aliphatic carbocycles. The molecule has 0 unspecified atom stereocenters. The summed E-state index contributed by atoms with van der Waals surface area (Å²) in [6.07, 6.45) is 0.129. The number of para-hydroxylation sites is 2. The van der Waals surface area contributed by atoms with Gasteiger partial charge in [0.05, 0.1) is 5.69 Å². The summed E-state index contributed by atoms with van der Waals surface area (Å²) in [5.41, 5.74) is 2.31. The van der Waals surface area contributed by atoms with Gasteiger partial charge in [-0.3, -0.25) is 14.4 Å². The molecule has 0 fully saturated rings. The predicted molar refractivity (Wildman–Crippen MR) is 113 cm³/mol. The highest BCUT2D eigenvalue weighted by Crippen LogP contribution is 2.31. The van der Waals surface area contributed by atoms with Gasteiger partial charge in [-0.05, 0) is 31.2 Å². The molecule has 30 heavy (non-hydrogen) atoms. The molecule has 2 heterocycles. The molecular formula is C22H20N4O4. The Hall–Kier alpha value is -3.94. The van der Waals surface area contributed by atoms with Crippen molar-refractivity contribution in [3.05, 3.63) is 70.6 Å². The van der Waals surface area contributed by atoms with Crippen molar-refractivity contribution in [1.82, 2.24) is 9.97 Å². The molecule has 2 aromatic carbocycles. The number of hydrogen-bond donors (Lipinski definition) is 2. The highest BCUT2D eigenvalue weighted by Gasteiger charge is 2.25. The molecule has 4 rings (SSSR count). The average Bonchev–Trinajstić information content (AvgIpc) is 2.72. The van der Waals surface area contributed by atoms with E-state index in [0.717, 1.165) is 0 Å². The van der Waals surface area contributed by atoms with Crippen LogP contribution in [0.5, 0.6) is 5.75 Å². The fraction of sp³-hybridized carbons (Fsp3) is 0.182. The molecule has 152 valence electrons. The van der Waals surface area contributed by atoms with E-state index in [4.69, 9.17) is 4.74 Å². The number of ether oxygens (including phenoxy) is 1. The van der Waals surface area contributed by atoms with Gasteiger partial charge in [0.15, 0.2) is 6.61 Å². The van der Waals surface area contributed by atoms with Crippen LogP contribution in [-0.2, 0) is 9.59 Å². The molecular weight excluding hydrogens is 384 g/mol. The summed E-state index contributed by atoms with van der Waals surface area (Å²) in [6, 6.07) is 15.7. The van der Waals surface area contributed by atoms with Gasteiger partial charge in [0.25, 0.3) is 11.5 Å². The number of hydrogen-bond acceptors (Lipinski definition) is 5. The van der Waals surface area contributed by atoms with E-state index in [0.29, 0.717) is 34.2 Å². The first-order chi connectivity index (χ1) is 14.5. The van der Waals surface area contributed by atoms with Crippen LogP contribution >= 0.6 is 0 Å². The topological polar surface area (TPSA) is 104 Å². The molecule has 8 heteroatoms. The first-order valence-electron chi connectivity index (χ1n) is 9.50. The second kappa shape index (κ2) is 8.20. The number of carbonyl (C=O) groups is 2. The van der Waals surface area contributed by atoms with Gasteiger partial charge in [-0.1, -0.05) is 24.3 Å². The van der Waals surface area contributed by atoms with Gasteiger partial charge in [-0.15, -0.1) is 0 Å². The standard InChI is InChI=1S/C22H20N4O4/c1-14-11-20(28)25-22(23-14)15-5-4-6-16(12-15)24-19(27)9-10-26-17-7-2-3-8-18(17)30-13-21(26)29/h2-8,11-12H,9-10,13H2,1H3,(H,24,27)(H,23,25,28). The molecule has 0 radical (unpaired) electrons. The third-order valence-electron chi connectivity index (χ3n) is 4.66. The Morgan fingerprint density at radius 3 is 2.83 bits per heavy atom. The minimum atomic E-state index is -0.234. The van der Waals surface area contributed by atoms with Crippen LogP contribution in [0.4, 0.5) is 11.4 Å². The van der Waals surface area contributed by atoms with Crippen LogP contribution in [0.3, 0.4) is 0 Å². The van der Waals surface area contributed by atoms with Gasteiger partial charge in [0.1, 0.15) is 11.6 Å². The van der Waals surface area contributed by atoms with E-state index in [1.54, 1.807) is 48.2 Å². The third kappa shape index (κ3) is 4.22. The fourth-order valence-corrected chi connectivity index (χ4v) is 3.30. The normalized spacial score (nSPS) is 12.8. The number of H-pyrrole nitrogens is 1. The lowest BCUT2D eigenvalue weighted by atomic mass is 10.1. The van der Waals surface area contributed by atoms with Gasteiger partial charge < -0.3 is 19.9 Å². The molecule has 0 bridgehead atoms. The van der Waals surface area contributed by atoms with Gasteiger partial charge in [-0.25, -0.2) is 4.98 Å². The van der Waals surface area contributed by atoms with Crippen molar-refractivity contribution in [2.75, 3.05) is 23.4 Å². The van der Waals surface area contributed by atoms with E-state index in [1.807, 2.05) is 12.1 Å². The number of aryl methyl sites for hydroxylation is 1. The van der Waals surface area contributed by atoms with Gasteiger partial charge in [-0.2, -0.15) is 0 Å². The molecule has 0 atom stereocenters. The zero-order valence-electron chi connectivity index (χ0n) is 16.3. The predicted octanol–water partition coefficient (Wildman–Crippen LogP) is 2.50. The van der Waals surface area contributed by atoms with Crippen LogP contribution in [0.25, 0.3) is 11.4 Å². The maximum Gasteiger partial charge on any atom is 0.265 e. The summed E-state index contributed by atoms with van der Waals surface area (Å²) < 4.78 is 5.42. The number of rotatable bonds is 5. The molecule has 2 amide bonds. The van der Waals surface area contributed by atoms with Crippen LogP contribution in [-0.4, -0.2) is 34.9 Å². The summed E-state index contributed by atoms with van der Waals surface area (Å²) in [7, 11) is 0. The van der Waals surface area contributed by atoms with E-state index in [2.05, 4.69) is 15.3 Å². The van der Waals surface area contributed by atoms with E-state index < -0.39 is 0 Å². The number of nitrogens with zero attached hydrogens (tertiary/aromatic N) is 2. The van der Waals surface area contributed by atoms with Gasteiger partial charge in [0, 0.05) is 36.0 Å². The molecule has 1 aromatic heterocycles. The Morgan fingerprint density at radius 1 is 1.17 bits per heavy atom. The molecule has 0 saturated carbocycles. The van der Waals surface area contributed by atoms with Crippen LogP contribution in [0.15, 0.2) is 59.4 Å². The summed E-state index contributed by atoms with van der Waals surface area (Å²) >= 11 is 0. The van der Waals surface area contributed by atoms with Crippen LogP contribution in [0.1, 0.15) is 12.1 Å². The molecule has 8 nitrogen and oxygen atoms in total. The zero-order valence-corrected chi connectivity index (χ0v) is 16.3. The Morgan fingerprint density at radius 2 is 2.00 bits per heavy atom. The first-order valence-corrected chi connectivity index (χ1v) is 9.50. The lowest BCUT2D eigenvalue weighted by Crippen LogP contribution is -2.40.